The Balaban J connectivity index is 1.47. The molecule has 0 saturated carbocycles. The molecule has 3 aliphatic rings. The highest BCUT2D eigenvalue weighted by atomic mass is 32.2. The van der Waals surface area contributed by atoms with Crippen molar-refractivity contribution in [1.82, 2.24) is 20.1 Å². The van der Waals surface area contributed by atoms with Crippen LogP contribution in [0.4, 0.5) is 10.5 Å². The minimum absolute atomic E-state index is 0.00183. The van der Waals surface area contributed by atoms with Crippen molar-refractivity contribution < 1.29 is 32.2 Å². The Bertz CT molecular complexity index is 1820. The molecule has 4 heterocycles. The maximum Gasteiger partial charge on any atom is 0.411 e. The van der Waals surface area contributed by atoms with Crippen molar-refractivity contribution in [2.24, 2.45) is 0 Å². The molecular weight excluding hydrogens is 624 g/mol. The predicted molar refractivity (Wildman–Crippen MR) is 171 cm³/mol. The Labute approximate surface area is 273 Å². The molecule has 2 saturated heterocycles. The molecule has 1 unspecified atom stereocenters. The van der Waals surface area contributed by atoms with Crippen molar-refractivity contribution in [2.75, 3.05) is 57.3 Å². The fourth-order valence-electron chi connectivity index (χ4n) is 6.58. The molecule has 246 valence electrons. The van der Waals surface area contributed by atoms with E-state index in [-0.39, 0.29) is 45.5 Å². The number of pyridine rings is 1. The number of piperazine rings is 1. The van der Waals surface area contributed by atoms with Gasteiger partial charge in [0.1, 0.15) is 10.6 Å². The zero-order valence-corrected chi connectivity index (χ0v) is 27.0. The number of ether oxygens (including phenoxy) is 3. The molecule has 2 aromatic carbocycles. The predicted octanol–water partition coefficient (Wildman–Crippen LogP) is 2.85. The number of benzene rings is 2. The topological polar surface area (TPSA) is 154 Å². The number of methoxy groups -OCH3 is 1. The molecule has 47 heavy (non-hydrogen) atoms. The number of hydrogen-bond acceptors (Lipinski definition) is 11. The minimum Gasteiger partial charge on any atom is -0.495 e. The third-order valence-electron chi connectivity index (χ3n) is 8.86. The SMILES string of the molecule is CCOc1ncccc1C1(OC(=O)N2CCC(N3CCNCC3)CC2)C(=O)N(S(=O)(=O)c2ccccc2OC)c2ccc(C#N)cc21. The number of para-hydroxylation sites is 1. The van der Waals surface area contributed by atoms with Crippen LogP contribution in [0.2, 0.25) is 0 Å². The average Bonchev–Trinajstić information content (AvgIpc) is 3.36. The number of piperidine rings is 1. The maximum atomic E-state index is 15.0. The number of carbonyl (C=O) groups is 2. The number of fused-ring (bicyclic) bond motifs is 1. The summed E-state index contributed by atoms with van der Waals surface area (Å²) >= 11 is 0. The number of amides is 2. The Morgan fingerprint density at radius 2 is 1.81 bits per heavy atom. The van der Waals surface area contributed by atoms with Crippen molar-refractivity contribution in [3.05, 3.63) is 77.5 Å². The van der Waals surface area contributed by atoms with Crippen LogP contribution < -0.4 is 19.1 Å². The molecule has 0 spiro atoms. The molecule has 3 aromatic rings. The third kappa shape index (κ3) is 5.64. The number of sulfonamides is 1. The van der Waals surface area contributed by atoms with Crippen LogP contribution in [0.25, 0.3) is 0 Å². The monoisotopic (exact) mass is 660 g/mol. The molecule has 2 fully saturated rings. The van der Waals surface area contributed by atoms with Gasteiger partial charge in [-0.3, -0.25) is 9.69 Å². The van der Waals surface area contributed by atoms with Crippen LogP contribution in [-0.2, 0) is 25.2 Å². The van der Waals surface area contributed by atoms with Gasteiger partial charge in [-0.05, 0) is 62.2 Å². The number of nitrogens with one attached hydrogen (secondary N) is 1. The van der Waals surface area contributed by atoms with Crippen molar-refractivity contribution in [3.8, 4) is 17.7 Å². The first-order valence-corrected chi connectivity index (χ1v) is 17.0. The van der Waals surface area contributed by atoms with Gasteiger partial charge in [0.15, 0.2) is 0 Å². The smallest absolute Gasteiger partial charge is 0.411 e. The first-order valence-electron chi connectivity index (χ1n) is 15.5. The van der Waals surface area contributed by atoms with Crippen LogP contribution in [0.15, 0.2) is 65.7 Å². The molecule has 1 N–H and O–H groups in total. The van der Waals surface area contributed by atoms with Gasteiger partial charge in [-0.2, -0.15) is 9.57 Å². The summed E-state index contributed by atoms with van der Waals surface area (Å²) < 4.78 is 46.9. The number of hydrogen-bond donors (Lipinski definition) is 1. The van der Waals surface area contributed by atoms with E-state index in [2.05, 4.69) is 21.3 Å². The lowest BCUT2D eigenvalue weighted by molar-refractivity contribution is -0.132. The summed E-state index contributed by atoms with van der Waals surface area (Å²) in [4.78, 5) is 37.1. The van der Waals surface area contributed by atoms with Gasteiger partial charge in [0.25, 0.3) is 21.5 Å². The quantitative estimate of drug-likeness (QED) is 0.379. The lowest BCUT2D eigenvalue weighted by Crippen LogP contribution is -2.54. The van der Waals surface area contributed by atoms with Gasteiger partial charge in [0.05, 0.1) is 36.6 Å². The molecule has 13 nitrogen and oxygen atoms in total. The second-order valence-corrected chi connectivity index (χ2v) is 13.2. The number of anilines is 1. The van der Waals surface area contributed by atoms with E-state index >= 15 is 0 Å². The van der Waals surface area contributed by atoms with E-state index in [1.807, 2.05) is 0 Å². The van der Waals surface area contributed by atoms with E-state index < -0.39 is 27.6 Å². The van der Waals surface area contributed by atoms with Gasteiger partial charge in [-0.25, -0.2) is 18.2 Å². The van der Waals surface area contributed by atoms with Gasteiger partial charge in [0.2, 0.25) is 5.88 Å². The average molecular weight is 661 g/mol. The van der Waals surface area contributed by atoms with Gasteiger partial charge in [-0.1, -0.05) is 12.1 Å². The number of nitrogens with zero attached hydrogens (tertiary/aromatic N) is 5. The third-order valence-corrected chi connectivity index (χ3v) is 10.6. The molecule has 0 radical (unpaired) electrons. The summed E-state index contributed by atoms with van der Waals surface area (Å²) in [5.74, 6) is -1.07. The summed E-state index contributed by atoms with van der Waals surface area (Å²) in [6.45, 7) is 6.36. The van der Waals surface area contributed by atoms with Crippen LogP contribution in [0.5, 0.6) is 11.6 Å². The molecule has 1 atom stereocenters. The molecule has 3 aliphatic heterocycles. The first-order chi connectivity index (χ1) is 22.8. The number of carbonyl (C=O) groups excluding carboxylic acids is 2. The standard InChI is InChI=1S/C33H36N6O7S/c1-3-45-30-25(7-6-14-36-30)33(46-32(41)38-17-12-24(13-18-38)37-19-15-35-16-20-37)26-21-23(22-34)10-11-27(26)39(31(33)40)47(42,43)29-9-5-4-8-28(29)44-2/h4-11,14,21,24,35H,3,12-13,15-20H2,1-2H3. The lowest BCUT2D eigenvalue weighted by Gasteiger charge is -2.40. The van der Waals surface area contributed by atoms with Crippen molar-refractivity contribution in [3.63, 3.8) is 0 Å². The molecule has 1 aromatic heterocycles. The van der Waals surface area contributed by atoms with Crippen LogP contribution in [0.1, 0.15) is 36.5 Å². The van der Waals surface area contributed by atoms with Crippen molar-refractivity contribution in [1.29, 1.82) is 5.26 Å². The van der Waals surface area contributed by atoms with E-state index in [0.717, 1.165) is 39.0 Å². The summed E-state index contributed by atoms with van der Waals surface area (Å²) in [5, 5.41) is 13.2. The van der Waals surface area contributed by atoms with E-state index in [4.69, 9.17) is 14.2 Å². The van der Waals surface area contributed by atoms with Crippen LogP contribution >= 0.6 is 0 Å². The first kappa shape index (κ1) is 32.2. The molecule has 2 amide bonds. The van der Waals surface area contributed by atoms with Gasteiger partial charge >= 0.3 is 6.09 Å². The maximum absolute atomic E-state index is 15.0. The Hall–Kier alpha value is -4.71. The molecule has 0 aliphatic carbocycles. The van der Waals surface area contributed by atoms with E-state index in [0.29, 0.717) is 23.4 Å². The molecule has 0 bridgehead atoms. The normalized spacial score (nSPS) is 20.4. The summed E-state index contributed by atoms with van der Waals surface area (Å²) in [7, 11) is -3.32. The van der Waals surface area contributed by atoms with Crippen LogP contribution in [-0.4, -0.2) is 94.2 Å². The van der Waals surface area contributed by atoms with Crippen molar-refractivity contribution >= 4 is 27.7 Å². The Kier molecular flexibility index (Phi) is 9.05. The molecule has 14 heteroatoms. The zero-order chi connectivity index (χ0) is 33.2. The second kappa shape index (κ2) is 13.2. The van der Waals surface area contributed by atoms with E-state index in [1.165, 1.54) is 60.7 Å². The molecule has 6 rings (SSSR count). The largest absolute Gasteiger partial charge is 0.495 e. The Morgan fingerprint density at radius 3 is 2.51 bits per heavy atom. The van der Waals surface area contributed by atoms with Crippen LogP contribution in [0, 0.1) is 11.3 Å². The van der Waals surface area contributed by atoms with Gasteiger partial charge in [0, 0.05) is 57.1 Å². The highest BCUT2D eigenvalue weighted by Crippen LogP contribution is 2.52. The highest BCUT2D eigenvalue weighted by Gasteiger charge is 2.61. The fraction of sp³-hybridized carbons (Fsp3) is 0.394. The second-order valence-electron chi connectivity index (χ2n) is 11.4. The number of aromatic nitrogens is 1. The number of nitriles is 1. The zero-order valence-electron chi connectivity index (χ0n) is 26.2. The van der Waals surface area contributed by atoms with Gasteiger partial charge < -0.3 is 24.4 Å². The Morgan fingerprint density at radius 1 is 1.06 bits per heavy atom. The minimum atomic E-state index is -4.65. The van der Waals surface area contributed by atoms with E-state index in [1.54, 1.807) is 19.1 Å². The summed E-state index contributed by atoms with van der Waals surface area (Å²) in [6, 6.07) is 15.5. The summed E-state index contributed by atoms with van der Waals surface area (Å²) in [6.07, 6.45) is 2.10. The molecular formula is C33H36N6O7S. The van der Waals surface area contributed by atoms with E-state index in [9.17, 15) is 23.3 Å². The fourth-order valence-corrected chi connectivity index (χ4v) is 8.20. The van der Waals surface area contributed by atoms with Crippen molar-refractivity contribution in [2.45, 2.75) is 36.3 Å². The number of likely N-dealkylation sites (tertiary alicyclic amines) is 1. The summed E-state index contributed by atoms with van der Waals surface area (Å²) in [5.41, 5.74) is -2.27. The van der Waals surface area contributed by atoms with Gasteiger partial charge in [-0.15, -0.1) is 0 Å². The highest BCUT2D eigenvalue weighted by molar-refractivity contribution is 7.93. The van der Waals surface area contributed by atoms with Crippen LogP contribution in [0.3, 0.4) is 0 Å². The lowest BCUT2D eigenvalue weighted by atomic mass is 9.87. The number of rotatable bonds is 8.